The number of allylic oxidation sites excluding steroid dienone is 1. The first-order chi connectivity index (χ1) is 25.3. The minimum Gasteiger partial charge on any atom is -0.481 e. The second-order valence-electron chi connectivity index (χ2n) is 20.4. The summed E-state index contributed by atoms with van der Waals surface area (Å²) in [7, 11) is 0. The number of halogens is 3. The number of ketones is 1. The molecule has 5 aliphatic carbocycles. The van der Waals surface area contributed by atoms with Crippen LogP contribution in [-0.4, -0.2) is 46.7 Å². The summed E-state index contributed by atoms with van der Waals surface area (Å²) in [4.78, 5) is 38.9. The van der Waals surface area contributed by atoms with E-state index in [2.05, 4.69) is 53.8 Å². The molecule has 10 heteroatoms. The third-order valence-corrected chi connectivity index (χ3v) is 16.4. The van der Waals surface area contributed by atoms with E-state index in [4.69, 9.17) is 4.74 Å². The third-order valence-electron chi connectivity index (χ3n) is 16.4. The van der Waals surface area contributed by atoms with Crippen molar-refractivity contribution in [1.82, 2.24) is 5.32 Å². The zero-order valence-corrected chi connectivity index (χ0v) is 34.4. The average Bonchev–Trinajstić information content (AvgIpc) is 3.39. The van der Waals surface area contributed by atoms with Crippen molar-refractivity contribution < 1.29 is 42.5 Å². The summed E-state index contributed by atoms with van der Waals surface area (Å²) in [5.74, 6) is -0.494. The van der Waals surface area contributed by atoms with Gasteiger partial charge in [-0.2, -0.15) is 13.2 Å². The monoisotopic (exact) mass is 771 g/mol. The van der Waals surface area contributed by atoms with E-state index in [1.807, 2.05) is 0 Å². The summed E-state index contributed by atoms with van der Waals surface area (Å²) in [6, 6.07) is 5.25. The number of aliphatic hydroxyl groups excluding tert-OH is 1. The van der Waals surface area contributed by atoms with Crippen molar-refractivity contribution in [2.75, 3.05) is 6.54 Å². The Balaban J connectivity index is 1.25. The number of aliphatic hydroxyl groups is 1. The first-order valence-corrected chi connectivity index (χ1v) is 20.6. The van der Waals surface area contributed by atoms with Gasteiger partial charge in [0.05, 0.1) is 23.5 Å². The predicted molar refractivity (Wildman–Crippen MR) is 205 cm³/mol. The number of benzene rings is 1. The minimum atomic E-state index is -4.43. The first-order valence-electron chi connectivity index (χ1n) is 20.6. The number of hydrogen-bond acceptors (Lipinski definition) is 6. The maximum Gasteiger partial charge on any atom is 0.416 e. The van der Waals surface area contributed by atoms with Crippen molar-refractivity contribution in [2.45, 2.75) is 151 Å². The van der Waals surface area contributed by atoms with Gasteiger partial charge in [0.2, 0.25) is 0 Å². The van der Waals surface area contributed by atoms with Gasteiger partial charge in [0.25, 0.3) is 0 Å². The Hall–Kier alpha value is -2.72. The van der Waals surface area contributed by atoms with E-state index in [-0.39, 0.29) is 71.3 Å². The first kappa shape index (κ1) is 41.9. The number of alkyl halides is 3. The van der Waals surface area contributed by atoms with Gasteiger partial charge in [-0.3, -0.25) is 14.4 Å². The molecule has 5 aliphatic rings. The average molecular weight is 772 g/mol. The summed E-state index contributed by atoms with van der Waals surface area (Å²) < 4.78 is 46.3. The minimum absolute atomic E-state index is 0.00410. The zero-order chi connectivity index (χ0) is 40.7. The molecule has 0 heterocycles. The van der Waals surface area contributed by atoms with Gasteiger partial charge in [-0.1, -0.05) is 72.2 Å². The van der Waals surface area contributed by atoms with Gasteiger partial charge in [0, 0.05) is 30.3 Å². The van der Waals surface area contributed by atoms with Crippen LogP contribution in [0.3, 0.4) is 0 Å². The van der Waals surface area contributed by atoms with Gasteiger partial charge < -0.3 is 20.3 Å². The number of nitrogens with one attached hydrogen (secondary N) is 1. The van der Waals surface area contributed by atoms with Gasteiger partial charge in [-0.05, 0) is 122 Å². The van der Waals surface area contributed by atoms with Crippen molar-refractivity contribution >= 4 is 17.7 Å². The number of carboxylic acid groups (broad SMARTS) is 1. The van der Waals surface area contributed by atoms with Crippen LogP contribution in [0.1, 0.15) is 138 Å². The highest BCUT2D eigenvalue weighted by molar-refractivity contribution is 6.00. The lowest BCUT2D eigenvalue weighted by atomic mass is 9.33. The number of ether oxygens (including phenoxy) is 1. The molecule has 1 aromatic rings. The fourth-order valence-corrected chi connectivity index (χ4v) is 13.3. The SMILES string of the molecule is CC(C)C1=C2[C@H]3CC[C@@H]4[C@@]5(C)CC[C@H](OC(=O)CC(C)(C)C(=O)O)C(C)(C)[C@@H]5CC[C@@]4(C)[C@]3(C)CC[C@@]2([C@@H](O)CNCc2cccc(C(F)(F)F)c2)CC1=O. The summed E-state index contributed by atoms with van der Waals surface area (Å²) in [6.07, 6.45) is 1.63. The number of Topliss-reactive ketones (excluding diaryl/α,β-unsaturated/α-hetero) is 1. The Morgan fingerprint density at radius 2 is 1.64 bits per heavy atom. The standard InChI is InChI=1S/C45H64F3NO6/c1-26(2)36-30(50)22-44(33(51)25-49-24-27-11-10-12-28(21-27)45(46,47)48)20-19-42(8)29(37(36)44)13-14-32-41(7)17-16-34(55-35(52)23-39(3,4)38(53)54)40(5,6)31(41)15-18-43(32,42)9/h10-12,21,26,29,31-34,49,51H,13-20,22-25H2,1-9H3,(H,53,54)/t29-,31+,32-,33+,34+,41+,42-,43-,44+/m1/s1. The molecule has 0 spiro atoms. The van der Waals surface area contributed by atoms with Crippen LogP contribution in [-0.2, 0) is 31.8 Å². The molecule has 55 heavy (non-hydrogen) atoms. The molecule has 0 bridgehead atoms. The molecule has 0 saturated heterocycles. The van der Waals surface area contributed by atoms with Crippen molar-refractivity contribution in [3.63, 3.8) is 0 Å². The van der Waals surface area contributed by atoms with Gasteiger partial charge in [-0.15, -0.1) is 0 Å². The molecule has 0 amide bonds. The Labute approximate surface area is 325 Å². The Bertz CT molecular complexity index is 1730. The number of carboxylic acids is 1. The van der Waals surface area contributed by atoms with Crippen LogP contribution >= 0.6 is 0 Å². The van der Waals surface area contributed by atoms with Crippen LogP contribution in [0.2, 0.25) is 0 Å². The van der Waals surface area contributed by atoms with Crippen LogP contribution in [0.25, 0.3) is 0 Å². The van der Waals surface area contributed by atoms with Gasteiger partial charge in [-0.25, -0.2) is 0 Å². The maximum absolute atomic E-state index is 14.0. The number of fused-ring (bicyclic) bond motifs is 7. The van der Waals surface area contributed by atoms with Crippen molar-refractivity contribution in [2.24, 2.45) is 56.2 Å². The quantitative estimate of drug-likeness (QED) is 0.203. The summed E-state index contributed by atoms with van der Waals surface area (Å²) >= 11 is 0. The molecule has 6 rings (SSSR count). The molecule has 7 nitrogen and oxygen atoms in total. The van der Waals surface area contributed by atoms with E-state index in [1.54, 1.807) is 19.9 Å². The highest BCUT2D eigenvalue weighted by Gasteiger charge is 2.70. The van der Waals surface area contributed by atoms with E-state index < -0.39 is 40.6 Å². The smallest absolute Gasteiger partial charge is 0.416 e. The third kappa shape index (κ3) is 6.71. The van der Waals surface area contributed by atoms with Crippen LogP contribution in [0.15, 0.2) is 35.4 Å². The van der Waals surface area contributed by atoms with Crippen LogP contribution < -0.4 is 5.32 Å². The Morgan fingerprint density at radius 3 is 2.27 bits per heavy atom. The van der Waals surface area contributed by atoms with E-state index in [9.17, 15) is 37.8 Å². The van der Waals surface area contributed by atoms with Crippen LogP contribution in [0.5, 0.6) is 0 Å². The second-order valence-corrected chi connectivity index (χ2v) is 20.4. The van der Waals surface area contributed by atoms with E-state index >= 15 is 0 Å². The van der Waals surface area contributed by atoms with Crippen molar-refractivity contribution in [1.29, 1.82) is 0 Å². The normalized spacial score (nSPS) is 36.4. The predicted octanol–water partition coefficient (Wildman–Crippen LogP) is 9.55. The molecule has 0 aromatic heterocycles. The molecule has 0 radical (unpaired) electrons. The molecular formula is C45H64F3NO6. The van der Waals surface area contributed by atoms with Crippen LogP contribution in [0, 0.1) is 56.2 Å². The number of esters is 1. The molecule has 0 aliphatic heterocycles. The van der Waals surface area contributed by atoms with Crippen molar-refractivity contribution in [3.05, 3.63) is 46.5 Å². The number of carbonyl (C=O) groups is 3. The summed E-state index contributed by atoms with van der Waals surface area (Å²) in [5.41, 5.74) is -0.531. The lowest BCUT2D eigenvalue weighted by Gasteiger charge is -2.72. The van der Waals surface area contributed by atoms with Gasteiger partial charge in [0.1, 0.15) is 6.10 Å². The molecule has 4 saturated carbocycles. The van der Waals surface area contributed by atoms with Crippen LogP contribution in [0.4, 0.5) is 13.2 Å². The number of rotatable bonds is 10. The second kappa shape index (κ2) is 14.0. The number of aliphatic carboxylic acids is 1. The molecule has 4 fully saturated rings. The highest BCUT2D eigenvalue weighted by Crippen LogP contribution is 2.77. The molecule has 9 atom stereocenters. The molecule has 0 unspecified atom stereocenters. The van der Waals surface area contributed by atoms with E-state index in [0.717, 1.165) is 68.2 Å². The molecular weight excluding hydrogens is 707 g/mol. The van der Waals surface area contributed by atoms with Crippen molar-refractivity contribution in [3.8, 4) is 0 Å². The lowest BCUT2D eigenvalue weighted by molar-refractivity contribution is -0.235. The summed E-state index contributed by atoms with van der Waals surface area (Å²) in [5, 5.41) is 25.0. The molecule has 1 aromatic carbocycles. The lowest BCUT2D eigenvalue weighted by Crippen LogP contribution is -2.66. The van der Waals surface area contributed by atoms with Gasteiger partial charge in [0.15, 0.2) is 5.78 Å². The number of hydrogen-bond donors (Lipinski definition) is 3. The van der Waals surface area contributed by atoms with Gasteiger partial charge >= 0.3 is 18.1 Å². The Morgan fingerprint density at radius 1 is 0.945 bits per heavy atom. The topological polar surface area (TPSA) is 113 Å². The summed E-state index contributed by atoms with van der Waals surface area (Å²) in [6.45, 7) is 19.5. The zero-order valence-electron chi connectivity index (χ0n) is 34.4. The fraction of sp³-hybridized carbons (Fsp3) is 0.756. The number of carbonyl (C=O) groups excluding carboxylic acids is 2. The van der Waals surface area contributed by atoms with E-state index in [0.29, 0.717) is 23.8 Å². The maximum atomic E-state index is 14.0. The van der Waals surface area contributed by atoms with E-state index in [1.165, 1.54) is 6.07 Å². The largest absolute Gasteiger partial charge is 0.481 e. The molecule has 306 valence electrons. The Kier molecular flexibility index (Phi) is 10.7. The fourth-order valence-electron chi connectivity index (χ4n) is 13.3. The molecule has 3 N–H and O–H groups in total. The highest BCUT2D eigenvalue weighted by atomic mass is 19.4.